The molecule has 0 aromatic heterocycles. The zero-order valence-electron chi connectivity index (χ0n) is 24.2. The molecule has 1 N–H and O–H groups in total. The van der Waals surface area contributed by atoms with Crippen molar-refractivity contribution in [2.24, 2.45) is 0 Å². The molecule has 46 heavy (non-hydrogen) atoms. The molecule has 11 nitrogen and oxygen atoms in total. The minimum Gasteiger partial charge on any atom is -0.490 e. The summed E-state index contributed by atoms with van der Waals surface area (Å²) >= 11 is 12.7. The first-order chi connectivity index (χ1) is 22.1. The lowest BCUT2D eigenvalue weighted by Gasteiger charge is -2.26. The van der Waals surface area contributed by atoms with E-state index < -0.39 is 22.8 Å². The topological polar surface area (TPSA) is 137 Å². The number of nitro benzene ring substituents is 1. The lowest BCUT2D eigenvalue weighted by molar-refractivity contribution is -0.384. The number of non-ortho nitro benzene ring substituents is 1. The van der Waals surface area contributed by atoms with Gasteiger partial charge in [-0.3, -0.25) is 25.0 Å². The van der Waals surface area contributed by atoms with E-state index in [4.69, 9.17) is 37.4 Å². The molecule has 0 unspecified atom stereocenters. The number of carbonyl (C=O) groups is 3. The fraction of sp³-hybridized carbons (Fsp3) is 0.121. The van der Waals surface area contributed by atoms with Crippen LogP contribution in [0.15, 0.2) is 90.5 Å². The Bertz CT molecular complexity index is 1860. The summed E-state index contributed by atoms with van der Waals surface area (Å²) in [6.07, 6.45) is 1.29. The number of carbonyl (C=O) groups excluding carboxylic acids is 3. The molecular weight excluding hydrogens is 637 g/mol. The number of nitro groups is 1. The molecule has 1 aliphatic rings. The SMILES string of the molecule is CCOc1cc(/C=C2\C(=O)NC(=O)N(c3ccc(OCc4ccccc4Cl)cc3)C2=O)cc(Cl)c1OCc1cccc([N+](=O)[O-])c1. The zero-order valence-corrected chi connectivity index (χ0v) is 25.7. The number of urea groups is 1. The first-order valence-corrected chi connectivity index (χ1v) is 14.6. The number of barbiturate groups is 1. The summed E-state index contributed by atoms with van der Waals surface area (Å²) in [5.74, 6) is -0.864. The quantitative estimate of drug-likeness (QED) is 0.0776. The second-order valence-corrected chi connectivity index (χ2v) is 10.6. The van der Waals surface area contributed by atoms with E-state index in [0.29, 0.717) is 21.9 Å². The van der Waals surface area contributed by atoms with Crippen LogP contribution < -0.4 is 24.4 Å². The monoisotopic (exact) mass is 661 g/mol. The van der Waals surface area contributed by atoms with E-state index in [-0.39, 0.29) is 53.3 Å². The van der Waals surface area contributed by atoms with Crippen LogP contribution in [-0.2, 0) is 22.8 Å². The van der Waals surface area contributed by atoms with Crippen molar-refractivity contribution in [2.75, 3.05) is 11.5 Å². The maximum atomic E-state index is 13.5. The van der Waals surface area contributed by atoms with Gasteiger partial charge in [-0.1, -0.05) is 53.5 Å². The first-order valence-electron chi connectivity index (χ1n) is 13.8. The molecule has 0 aliphatic carbocycles. The van der Waals surface area contributed by atoms with Gasteiger partial charge in [0.2, 0.25) is 0 Å². The lowest BCUT2D eigenvalue weighted by Crippen LogP contribution is -2.54. The Kier molecular flexibility index (Phi) is 9.85. The summed E-state index contributed by atoms with van der Waals surface area (Å²) in [5, 5.41) is 14.0. The molecule has 13 heteroatoms. The Morgan fingerprint density at radius 1 is 0.870 bits per heavy atom. The van der Waals surface area contributed by atoms with Gasteiger partial charge < -0.3 is 14.2 Å². The second kappa shape index (κ2) is 14.1. The van der Waals surface area contributed by atoms with Gasteiger partial charge in [-0.2, -0.15) is 0 Å². The number of amides is 4. The largest absolute Gasteiger partial charge is 0.490 e. The molecule has 1 aliphatic heterocycles. The van der Waals surface area contributed by atoms with E-state index in [0.717, 1.165) is 10.5 Å². The Morgan fingerprint density at radius 3 is 2.35 bits per heavy atom. The molecule has 0 spiro atoms. The van der Waals surface area contributed by atoms with Gasteiger partial charge in [-0.05, 0) is 66.6 Å². The number of rotatable bonds is 11. The van der Waals surface area contributed by atoms with Crippen LogP contribution in [0, 0.1) is 10.1 Å². The van der Waals surface area contributed by atoms with Gasteiger partial charge in [0.1, 0.15) is 24.5 Å². The van der Waals surface area contributed by atoms with Crippen molar-refractivity contribution in [1.82, 2.24) is 5.32 Å². The average Bonchev–Trinajstić information content (AvgIpc) is 3.03. The van der Waals surface area contributed by atoms with Crippen molar-refractivity contribution in [3.8, 4) is 17.2 Å². The van der Waals surface area contributed by atoms with Crippen molar-refractivity contribution >= 4 is 58.5 Å². The van der Waals surface area contributed by atoms with E-state index in [9.17, 15) is 24.5 Å². The van der Waals surface area contributed by atoms with Gasteiger partial charge in [0.05, 0.1) is 22.2 Å². The van der Waals surface area contributed by atoms with Gasteiger partial charge in [0.25, 0.3) is 17.5 Å². The van der Waals surface area contributed by atoms with Crippen LogP contribution in [0.5, 0.6) is 17.2 Å². The fourth-order valence-electron chi connectivity index (χ4n) is 4.52. The molecule has 4 aromatic carbocycles. The Morgan fingerprint density at radius 2 is 1.63 bits per heavy atom. The smallest absolute Gasteiger partial charge is 0.335 e. The fourth-order valence-corrected chi connectivity index (χ4v) is 4.98. The van der Waals surface area contributed by atoms with Crippen LogP contribution >= 0.6 is 23.2 Å². The average molecular weight is 662 g/mol. The first kappa shape index (κ1) is 32.0. The number of imide groups is 2. The summed E-state index contributed by atoms with van der Waals surface area (Å²) in [6.45, 7) is 2.17. The van der Waals surface area contributed by atoms with Gasteiger partial charge in [0.15, 0.2) is 11.5 Å². The third-order valence-electron chi connectivity index (χ3n) is 6.70. The molecule has 0 saturated carbocycles. The van der Waals surface area contributed by atoms with E-state index >= 15 is 0 Å². The normalized spacial score (nSPS) is 13.8. The third-order valence-corrected chi connectivity index (χ3v) is 7.35. The van der Waals surface area contributed by atoms with Gasteiger partial charge in [-0.25, -0.2) is 9.69 Å². The van der Waals surface area contributed by atoms with Gasteiger partial charge >= 0.3 is 6.03 Å². The highest BCUT2D eigenvalue weighted by molar-refractivity contribution is 6.39. The van der Waals surface area contributed by atoms with Crippen LogP contribution in [0.2, 0.25) is 10.0 Å². The Labute approximate surface area is 273 Å². The number of hydrogen-bond acceptors (Lipinski definition) is 8. The van der Waals surface area contributed by atoms with Gasteiger partial charge in [-0.15, -0.1) is 0 Å². The number of ether oxygens (including phenoxy) is 3. The van der Waals surface area contributed by atoms with E-state index in [1.807, 2.05) is 18.2 Å². The van der Waals surface area contributed by atoms with Crippen molar-refractivity contribution in [1.29, 1.82) is 0 Å². The van der Waals surface area contributed by atoms with Crippen LogP contribution in [0.3, 0.4) is 0 Å². The number of nitrogens with one attached hydrogen (secondary N) is 1. The number of halogens is 2. The molecule has 1 saturated heterocycles. The molecule has 234 valence electrons. The van der Waals surface area contributed by atoms with Crippen LogP contribution in [0.1, 0.15) is 23.6 Å². The van der Waals surface area contributed by atoms with Crippen LogP contribution in [-0.4, -0.2) is 29.4 Å². The lowest BCUT2D eigenvalue weighted by atomic mass is 10.1. The molecule has 1 fully saturated rings. The molecule has 4 amide bonds. The molecular formula is C33H25Cl2N3O8. The van der Waals surface area contributed by atoms with Crippen LogP contribution in [0.4, 0.5) is 16.2 Å². The van der Waals surface area contributed by atoms with Crippen molar-refractivity contribution in [3.63, 3.8) is 0 Å². The van der Waals surface area contributed by atoms with Crippen molar-refractivity contribution < 1.29 is 33.5 Å². The summed E-state index contributed by atoms with van der Waals surface area (Å²) in [4.78, 5) is 50.4. The van der Waals surface area contributed by atoms with E-state index in [1.165, 1.54) is 42.5 Å². The molecule has 4 aromatic rings. The number of nitrogens with zero attached hydrogens (tertiary/aromatic N) is 2. The van der Waals surface area contributed by atoms with E-state index in [1.54, 1.807) is 37.3 Å². The predicted octanol–water partition coefficient (Wildman–Crippen LogP) is 7.12. The van der Waals surface area contributed by atoms with E-state index in [2.05, 4.69) is 5.32 Å². The molecule has 0 atom stereocenters. The molecule has 5 rings (SSSR count). The third kappa shape index (κ3) is 7.28. The summed E-state index contributed by atoms with van der Waals surface area (Å²) < 4.78 is 17.3. The number of benzene rings is 4. The maximum Gasteiger partial charge on any atom is 0.335 e. The minimum atomic E-state index is -0.908. The molecule has 1 heterocycles. The second-order valence-electron chi connectivity index (χ2n) is 9.81. The highest BCUT2D eigenvalue weighted by Crippen LogP contribution is 2.38. The maximum absolute atomic E-state index is 13.5. The Hall–Kier alpha value is -5.39. The predicted molar refractivity (Wildman–Crippen MR) is 171 cm³/mol. The van der Waals surface area contributed by atoms with Crippen molar-refractivity contribution in [2.45, 2.75) is 20.1 Å². The van der Waals surface area contributed by atoms with Crippen LogP contribution in [0.25, 0.3) is 6.08 Å². The standard InChI is InChI=1S/C33H25Cl2N3O8/c1-2-44-29-17-21(16-28(35)30(29)46-18-20-6-5-8-24(14-20)38(42)43)15-26-31(39)36-33(41)37(32(26)40)23-10-12-25(13-11-23)45-19-22-7-3-4-9-27(22)34/h3-17H,2,18-19H2,1H3,(H,36,39,41)/b26-15+. The number of hydrogen-bond donors (Lipinski definition) is 1. The summed E-state index contributed by atoms with van der Waals surface area (Å²) in [7, 11) is 0. The minimum absolute atomic E-state index is 0.0380. The zero-order chi connectivity index (χ0) is 32.8. The van der Waals surface area contributed by atoms with Gasteiger partial charge in [0, 0.05) is 22.7 Å². The summed E-state index contributed by atoms with van der Waals surface area (Å²) in [5.41, 5.74) is 1.47. The molecule has 0 radical (unpaired) electrons. The molecule has 0 bridgehead atoms. The highest BCUT2D eigenvalue weighted by atomic mass is 35.5. The highest BCUT2D eigenvalue weighted by Gasteiger charge is 2.37. The summed E-state index contributed by atoms with van der Waals surface area (Å²) in [6, 6.07) is 21.5. The number of anilines is 1. The van der Waals surface area contributed by atoms with Crippen molar-refractivity contribution in [3.05, 3.63) is 127 Å². The Balaban J connectivity index is 1.36.